The highest BCUT2D eigenvalue weighted by Crippen LogP contribution is 2.17. The predicted octanol–water partition coefficient (Wildman–Crippen LogP) is 2.42. The largest absolute Gasteiger partial charge is 0.401 e. The summed E-state index contributed by atoms with van der Waals surface area (Å²) in [5.74, 6) is 0.242. The number of amides is 2. The molecule has 0 aliphatic rings. The van der Waals surface area contributed by atoms with Gasteiger partial charge in [-0.1, -0.05) is 17.2 Å². The number of nitrogens with zero attached hydrogens (tertiary/aromatic N) is 4. The van der Waals surface area contributed by atoms with E-state index in [1.54, 1.807) is 30.1 Å². The lowest BCUT2D eigenvalue weighted by Gasteiger charge is -2.04. The van der Waals surface area contributed by atoms with Gasteiger partial charge in [-0.05, 0) is 30.7 Å². The first-order valence-corrected chi connectivity index (χ1v) is 6.58. The molecule has 2 N–H and O–H groups in total. The van der Waals surface area contributed by atoms with Crippen LogP contribution in [0.2, 0.25) is 0 Å². The van der Waals surface area contributed by atoms with E-state index < -0.39 is 6.03 Å². The number of aromatic nitrogens is 4. The predicted molar refractivity (Wildman–Crippen MR) is 80.3 cm³/mol. The van der Waals surface area contributed by atoms with E-state index in [0.717, 1.165) is 5.56 Å². The van der Waals surface area contributed by atoms with Crippen molar-refractivity contribution in [2.24, 2.45) is 7.05 Å². The number of urea groups is 1. The van der Waals surface area contributed by atoms with Crippen LogP contribution in [-0.2, 0) is 7.05 Å². The van der Waals surface area contributed by atoms with E-state index in [9.17, 15) is 4.79 Å². The van der Waals surface area contributed by atoms with Crippen molar-refractivity contribution in [3.8, 4) is 11.6 Å². The zero-order valence-electron chi connectivity index (χ0n) is 12.1. The van der Waals surface area contributed by atoms with Crippen LogP contribution < -0.4 is 10.6 Å². The summed E-state index contributed by atoms with van der Waals surface area (Å²) in [6, 6.07) is 8.74. The minimum Gasteiger partial charge on any atom is -0.401 e. The van der Waals surface area contributed by atoms with Gasteiger partial charge < -0.3 is 9.73 Å². The van der Waals surface area contributed by atoms with Gasteiger partial charge in [-0.3, -0.25) is 10.00 Å². The summed E-state index contributed by atoms with van der Waals surface area (Å²) in [6.45, 7) is 1.94. The van der Waals surface area contributed by atoms with E-state index in [2.05, 4.69) is 25.9 Å². The minimum atomic E-state index is -0.457. The number of carbonyl (C=O) groups is 1. The lowest BCUT2D eigenvalue weighted by atomic mass is 10.2. The maximum atomic E-state index is 11.9. The average molecular weight is 298 g/mol. The smallest absolute Gasteiger partial charge is 0.327 e. The van der Waals surface area contributed by atoms with Crippen LogP contribution in [0.1, 0.15) is 5.56 Å². The van der Waals surface area contributed by atoms with Gasteiger partial charge >= 0.3 is 12.0 Å². The Balaban J connectivity index is 1.66. The average Bonchev–Trinajstić information content (AvgIpc) is 3.07. The van der Waals surface area contributed by atoms with Crippen molar-refractivity contribution >= 4 is 17.7 Å². The van der Waals surface area contributed by atoms with Crippen LogP contribution in [0.25, 0.3) is 11.6 Å². The van der Waals surface area contributed by atoms with Gasteiger partial charge in [-0.25, -0.2) is 4.79 Å². The van der Waals surface area contributed by atoms with Gasteiger partial charge in [-0.15, -0.1) is 5.10 Å². The molecular weight excluding hydrogens is 284 g/mol. The molecule has 0 fully saturated rings. The minimum absolute atomic E-state index is 0.00538. The van der Waals surface area contributed by atoms with Crippen LogP contribution >= 0.6 is 0 Å². The summed E-state index contributed by atoms with van der Waals surface area (Å²) in [6.07, 6.45) is 1.76. The van der Waals surface area contributed by atoms with Gasteiger partial charge in [0.1, 0.15) is 5.69 Å². The molecule has 0 unspecified atom stereocenters. The van der Waals surface area contributed by atoms with Crippen LogP contribution in [0, 0.1) is 6.92 Å². The lowest BCUT2D eigenvalue weighted by Crippen LogP contribution is -2.19. The zero-order valence-corrected chi connectivity index (χ0v) is 12.1. The number of nitrogens with one attached hydrogen (secondary N) is 2. The van der Waals surface area contributed by atoms with Crippen LogP contribution in [0.3, 0.4) is 0 Å². The fourth-order valence-electron chi connectivity index (χ4n) is 1.89. The Morgan fingerprint density at radius 1 is 1.23 bits per heavy atom. The molecule has 0 atom stereocenters. The molecule has 22 heavy (non-hydrogen) atoms. The number of aryl methyl sites for hydroxylation is 2. The molecule has 2 heterocycles. The summed E-state index contributed by atoms with van der Waals surface area (Å²) in [4.78, 5) is 11.9. The van der Waals surface area contributed by atoms with Crippen molar-refractivity contribution in [3.63, 3.8) is 0 Å². The molecule has 112 valence electrons. The third-order valence-corrected chi connectivity index (χ3v) is 2.85. The Morgan fingerprint density at radius 3 is 2.82 bits per heavy atom. The second-order valence-electron chi connectivity index (χ2n) is 4.74. The number of carbonyl (C=O) groups excluding carboxylic acids is 1. The zero-order chi connectivity index (χ0) is 15.5. The van der Waals surface area contributed by atoms with Crippen molar-refractivity contribution in [1.82, 2.24) is 20.0 Å². The van der Waals surface area contributed by atoms with Crippen molar-refractivity contribution < 1.29 is 9.21 Å². The number of hydrogen-bond donors (Lipinski definition) is 2. The molecule has 3 aromatic rings. The molecule has 0 bridgehead atoms. The first-order valence-electron chi connectivity index (χ1n) is 6.58. The van der Waals surface area contributed by atoms with Crippen molar-refractivity contribution in [3.05, 3.63) is 42.1 Å². The first-order chi connectivity index (χ1) is 10.6. The molecule has 2 amide bonds. The van der Waals surface area contributed by atoms with Gasteiger partial charge in [0.2, 0.25) is 0 Å². The van der Waals surface area contributed by atoms with E-state index in [1.165, 1.54) is 0 Å². The van der Waals surface area contributed by atoms with Gasteiger partial charge in [-0.2, -0.15) is 5.10 Å². The number of benzene rings is 1. The molecule has 8 nitrogen and oxygen atoms in total. The second-order valence-corrected chi connectivity index (χ2v) is 4.74. The molecule has 0 aliphatic heterocycles. The van der Waals surface area contributed by atoms with E-state index in [-0.39, 0.29) is 11.9 Å². The molecule has 0 saturated carbocycles. The Bertz CT molecular complexity index is 807. The highest BCUT2D eigenvalue weighted by atomic mass is 16.4. The molecule has 8 heteroatoms. The van der Waals surface area contributed by atoms with Crippen LogP contribution in [0.15, 0.2) is 40.9 Å². The normalized spacial score (nSPS) is 10.5. The maximum Gasteiger partial charge on any atom is 0.327 e. The van der Waals surface area contributed by atoms with E-state index in [4.69, 9.17) is 4.42 Å². The third-order valence-electron chi connectivity index (χ3n) is 2.85. The highest BCUT2D eigenvalue weighted by Gasteiger charge is 2.13. The number of anilines is 2. The molecule has 1 aromatic carbocycles. The molecule has 3 rings (SSSR count). The van der Waals surface area contributed by atoms with E-state index in [1.807, 2.05) is 25.1 Å². The van der Waals surface area contributed by atoms with E-state index in [0.29, 0.717) is 11.4 Å². The molecule has 0 spiro atoms. The third kappa shape index (κ3) is 3.11. The summed E-state index contributed by atoms with van der Waals surface area (Å²) >= 11 is 0. The number of hydrogen-bond acceptors (Lipinski definition) is 5. The topological polar surface area (TPSA) is 97.9 Å². The molecular formula is C14H14N6O2. The Morgan fingerprint density at radius 2 is 2.09 bits per heavy atom. The van der Waals surface area contributed by atoms with Gasteiger partial charge in [0.15, 0.2) is 0 Å². The summed E-state index contributed by atoms with van der Waals surface area (Å²) < 4.78 is 6.97. The van der Waals surface area contributed by atoms with Crippen LogP contribution in [-0.4, -0.2) is 26.0 Å². The van der Waals surface area contributed by atoms with Gasteiger partial charge in [0.05, 0.1) is 0 Å². The van der Waals surface area contributed by atoms with Crippen molar-refractivity contribution in [1.29, 1.82) is 0 Å². The maximum absolute atomic E-state index is 11.9. The second kappa shape index (κ2) is 5.68. The first kappa shape index (κ1) is 13.8. The summed E-state index contributed by atoms with van der Waals surface area (Å²) in [5, 5.41) is 16.9. The Labute approximate surface area is 126 Å². The Kier molecular flexibility index (Phi) is 3.57. The van der Waals surface area contributed by atoms with Gasteiger partial charge in [0.25, 0.3) is 5.89 Å². The van der Waals surface area contributed by atoms with Crippen LogP contribution in [0.5, 0.6) is 0 Å². The van der Waals surface area contributed by atoms with Crippen LogP contribution in [0.4, 0.5) is 16.5 Å². The fourth-order valence-corrected chi connectivity index (χ4v) is 1.89. The monoisotopic (exact) mass is 298 g/mol. The summed E-state index contributed by atoms with van der Waals surface area (Å²) in [7, 11) is 1.79. The molecule has 0 radical (unpaired) electrons. The molecule has 2 aromatic heterocycles. The quantitative estimate of drug-likeness (QED) is 0.773. The lowest BCUT2D eigenvalue weighted by molar-refractivity contribution is 0.261. The number of rotatable bonds is 3. The molecule has 0 saturated heterocycles. The molecule has 0 aliphatic carbocycles. The fraction of sp³-hybridized carbons (Fsp3) is 0.143. The highest BCUT2D eigenvalue weighted by molar-refractivity contribution is 5.98. The standard InChI is InChI=1S/C14H14N6O2/c1-9-4-3-5-10(8-9)15-13(21)16-14-18-17-12(22-14)11-6-7-20(2)19-11/h3-8H,1-2H3,(H2,15,16,18,21). The van der Waals surface area contributed by atoms with Crippen molar-refractivity contribution in [2.45, 2.75) is 6.92 Å². The van der Waals surface area contributed by atoms with Gasteiger partial charge in [0, 0.05) is 18.9 Å². The van der Waals surface area contributed by atoms with Crippen molar-refractivity contribution in [2.75, 3.05) is 10.6 Å². The Hall–Kier alpha value is -3.16. The summed E-state index contributed by atoms with van der Waals surface area (Å²) in [5.41, 5.74) is 2.28. The van der Waals surface area contributed by atoms with E-state index >= 15 is 0 Å². The SMILES string of the molecule is Cc1cccc(NC(=O)Nc2nnc(-c3ccn(C)n3)o2)c1.